The van der Waals surface area contributed by atoms with Crippen molar-refractivity contribution in [3.8, 4) is 5.75 Å². The molecule has 2 atom stereocenters. The lowest BCUT2D eigenvalue weighted by Gasteiger charge is -2.29. The third-order valence-electron chi connectivity index (χ3n) is 8.76. The molecule has 38 heavy (non-hydrogen) atoms. The van der Waals surface area contributed by atoms with E-state index < -0.39 is 0 Å². The van der Waals surface area contributed by atoms with E-state index in [0.29, 0.717) is 18.4 Å². The second kappa shape index (κ2) is 11.1. The van der Waals surface area contributed by atoms with Crippen LogP contribution in [0.15, 0.2) is 36.7 Å². The molecule has 2 aliphatic rings. The molecule has 1 amide bonds. The summed E-state index contributed by atoms with van der Waals surface area (Å²) < 4.78 is 7.99. The summed E-state index contributed by atoms with van der Waals surface area (Å²) in [6, 6.07) is 8.45. The van der Waals surface area contributed by atoms with Gasteiger partial charge in [0, 0.05) is 42.2 Å². The zero-order valence-electron chi connectivity index (χ0n) is 23.9. The summed E-state index contributed by atoms with van der Waals surface area (Å²) >= 11 is 0. The molecule has 6 heteroatoms. The van der Waals surface area contributed by atoms with Crippen LogP contribution in [0.4, 0.5) is 5.69 Å². The highest BCUT2D eigenvalue weighted by atomic mass is 16.5. The van der Waals surface area contributed by atoms with Crippen LogP contribution in [0.2, 0.25) is 0 Å². The minimum absolute atomic E-state index is 0.165. The van der Waals surface area contributed by atoms with Gasteiger partial charge in [0.15, 0.2) is 0 Å². The molecule has 2 saturated carbocycles. The Hall–Kier alpha value is -2.89. The topological polar surface area (TPSA) is 60.2 Å². The molecule has 0 N–H and O–H groups in total. The van der Waals surface area contributed by atoms with Crippen molar-refractivity contribution < 1.29 is 9.53 Å². The summed E-state index contributed by atoms with van der Waals surface area (Å²) in [7, 11) is 1.90. The van der Waals surface area contributed by atoms with Gasteiger partial charge in [0.1, 0.15) is 11.4 Å². The minimum Gasteiger partial charge on any atom is -0.492 e. The normalized spacial score (nSPS) is 20.0. The fourth-order valence-corrected chi connectivity index (χ4v) is 6.30. The van der Waals surface area contributed by atoms with Crippen molar-refractivity contribution >= 4 is 22.6 Å². The van der Waals surface area contributed by atoms with Crippen LogP contribution in [0.1, 0.15) is 84.0 Å². The number of ether oxygens (including phenoxy) is 1. The molecular formula is C32H44N4O2. The van der Waals surface area contributed by atoms with E-state index >= 15 is 0 Å². The Morgan fingerprint density at radius 3 is 2.55 bits per heavy atom. The molecule has 2 fully saturated rings. The van der Waals surface area contributed by atoms with Gasteiger partial charge in [0.2, 0.25) is 5.91 Å². The third kappa shape index (κ3) is 5.89. The first-order valence-corrected chi connectivity index (χ1v) is 14.6. The zero-order valence-corrected chi connectivity index (χ0v) is 23.9. The maximum absolute atomic E-state index is 13.5. The fraction of sp³-hybridized carbons (Fsp3) is 0.594. The first-order valence-electron chi connectivity index (χ1n) is 14.6. The second-order valence-electron chi connectivity index (χ2n) is 12.4. The zero-order chi connectivity index (χ0) is 26.9. The molecule has 0 aliphatic heterocycles. The first kappa shape index (κ1) is 26.7. The molecule has 0 spiro atoms. The summed E-state index contributed by atoms with van der Waals surface area (Å²) in [5, 5.41) is 1.09. The molecule has 1 unspecified atom stereocenters. The van der Waals surface area contributed by atoms with E-state index in [9.17, 15) is 4.79 Å². The van der Waals surface area contributed by atoms with Gasteiger partial charge < -0.3 is 14.2 Å². The highest BCUT2D eigenvalue weighted by molar-refractivity contribution is 5.98. The van der Waals surface area contributed by atoms with E-state index in [1.54, 1.807) is 0 Å². The Bertz CT molecular complexity index is 1260. The lowest BCUT2D eigenvalue weighted by molar-refractivity contribution is -0.126. The van der Waals surface area contributed by atoms with E-state index in [1.807, 2.05) is 37.3 Å². The van der Waals surface area contributed by atoms with Crippen LogP contribution in [-0.4, -0.2) is 34.1 Å². The molecule has 204 valence electrons. The molecule has 5 rings (SSSR count). The molecule has 0 radical (unpaired) electrons. The van der Waals surface area contributed by atoms with Crippen molar-refractivity contribution in [2.24, 2.45) is 23.2 Å². The smallest absolute Gasteiger partial charge is 0.232 e. The predicted octanol–water partition coefficient (Wildman–Crippen LogP) is 7.04. The van der Waals surface area contributed by atoms with Gasteiger partial charge in [0.25, 0.3) is 0 Å². The number of hydrogen-bond acceptors (Lipinski definition) is 4. The largest absolute Gasteiger partial charge is 0.492 e. The number of carbonyl (C=O) groups excluding carboxylic acids is 1. The van der Waals surface area contributed by atoms with Crippen LogP contribution in [-0.2, 0) is 17.8 Å². The van der Waals surface area contributed by atoms with Crippen LogP contribution in [0, 0.1) is 23.2 Å². The molecule has 0 aromatic carbocycles. The van der Waals surface area contributed by atoms with Gasteiger partial charge in [-0.05, 0) is 74.6 Å². The second-order valence-corrected chi connectivity index (χ2v) is 12.4. The number of amides is 1. The molecule has 6 nitrogen and oxygen atoms in total. The maximum Gasteiger partial charge on any atom is 0.232 e. The quantitative estimate of drug-likeness (QED) is 0.290. The summed E-state index contributed by atoms with van der Waals surface area (Å²) in [5.74, 6) is 3.08. The summed E-state index contributed by atoms with van der Waals surface area (Å²) in [6.45, 7) is 10.1. The van der Waals surface area contributed by atoms with Crippen molar-refractivity contribution in [1.82, 2.24) is 14.5 Å². The van der Waals surface area contributed by atoms with Crippen LogP contribution in [0.5, 0.6) is 5.75 Å². The molecule has 3 heterocycles. The lowest BCUT2D eigenvalue weighted by atomic mass is 9.85. The van der Waals surface area contributed by atoms with Gasteiger partial charge in [-0.3, -0.25) is 9.78 Å². The Morgan fingerprint density at radius 1 is 1.13 bits per heavy atom. The monoisotopic (exact) mass is 516 g/mol. The van der Waals surface area contributed by atoms with Crippen LogP contribution in [0.25, 0.3) is 11.0 Å². The Morgan fingerprint density at radius 2 is 1.89 bits per heavy atom. The van der Waals surface area contributed by atoms with Crippen molar-refractivity contribution in [3.63, 3.8) is 0 Å². The average molecular weight is 517 g/mol. The standard InChI is InChI=1S/C32H44N4O2/c1-6-38-29-13-12-26(33-20-29)17-27-15-24-16-28(35(5)31(37)32(3,4)18-25-14-22(25)2)19-34-30(24)36(27)21-23-10-8-7-9-11-23/h12-13,15-16,19-20,22-23,25H,6-11,14,17-18,21H2,1-5H3/t22?,25-/m0/s1. The number of rotatable bonds is 10. The van der Waals surface area contributed by atoms with E-state index in [-0.39, 0.29) is 11.3 Å². The molecule has 0 saturated heterocycles. The minimum atomic E-state index is -0.378. The van der Waals surface area contributed by atoms with E-state index in [1.165, 1.54) is 44.2 Å². The van der Waals surface area contributed by atoms with Crippen molar-refractivity contribution in [3.05, 3.63) is 48.0 Å². The summed E-state index contributed by atoms with van der Waals surface area (Å²) in [4.78, 5) is 24.9. The van der Waals surface area contributed by atoms with Crippen molar-refractivity contribution in [2.75, 3.05) is 18.6 Å². The lowest BCUT2D eigenvalue weighted by Crippen LogP contribution is -2.39. The summed E-state index contributed by atoms with van der Waals surface area (Å²) in [5.41, 5.74) is 3.73. The highest BCUT2D eigenvalue weighted by Gasteiger charge is 2.41. The Kier molecular flexibility index (Phi) is 7.78. The number of pyridine rings is 2. The maximum atomic E-state index is 13.5. The number of nitrogens with zero attached hydrogens (tertiary/aromatic N) is 4. The fourth-order valence-electron chi connectivity index (χ4n) is 6.30. The van der Waals surface area contributed by atoms with Crippen LogP contribution in [0.3, 0.4) is 0 Å². The van der Waals surface area contributed by atoms with Gasteiger partial charge in [0.05, 0.1) is 24.7 Å². The molecule has 0 bridgehead atoms. The Balaban J connectivity index is 1.42. The van der Waals surface area contributed by atoms with Gasteiger partial charge in [-0.25, -0.2) is 4.98 Å². The molecule has 2 aliphatic carbocycles. The van der Waals surface area contributed by atoms with E-state index in [4.69, 9.17) is 9.72 Å². The first-order chi connectivity index (χ1) is 18.2. The average Bonchev–Trinajstić information content (AvgIpc) is 3.49. The number of fused-ring (bicyclic) bond motifs is 1. The number of hydrogen-bond donors (Lipinski definition) is 0. The predicted molar refractivity (Wildman–Crippen MR) is 154 cm³/mol. The number of anilines is 1. The summed E-state index contributed by atoms with van der Waals surface area (Å²) in [6.07, 6.45) is 13.2. The molecular weight excluding hydrogens is 472 g/mol. The number of aromatic nitrogens is 3. The van der Waals surface area contributed by atoms with Gasteiger partial charge in [-0.15, -0.1) is 0 Å². The van der Waals surface area contributed by atoms with E-state index in [2.05, 4.69) is 48.5 Å². The highest BCUT2D eigenvalue weighted by Crippen LogP contribution is 2.46. The molecule has 3 aromatic rings. The van der Waals surface area contributed by atoms with Crippen LogP contribution >= 0.6 is 0 Å². The van der Waals surface area contributed by atoms with Crippen LogP contribution < -0.4 is 9.64 Å². The number of carbonyl (C=O) groups is 1. The van der Waals surface area contributed by atoms with Gasteiger partial charge in [-0.1, -0.05) is 40.0 Å². The van der Waals surface area contributed by atoms with Gasteiger partial charge >= 0.3 is 0 Å². The Labute approximate surface area is 227 Å². The van der Waals surface area contributed by atoms with Crippen molar-refractivity contribution in [2.45, 2.75) is 85.6 Å². The third-order valence-corrected chi connectivity index (χ3v) is 8.76. The van der Waals surface area contributed by atoms with Gasteiger partial charge in [-0.2, -0.15) is 0 Å². The van der Waals surface area contributed by atoms with E-state index in [0.717, 1.165) is 53.5 Å². The SMILES string of the molecule is CCOc1ccc(Cc2cc3cc(N(C)C(=O)C(C)(C)C[C@@H]4CC4C)cnc3n2CC2CCCCC2)nc1. The molecule has 3 aromatic heterocycles. The van der Waals surface area contributed by atoms with Crippen molar-refractivity contribution in [1.29, 1.82) is 0 Å².